The molecule has 0 bridgehead atoms. The fourth-order valence-electron chi connectivity index (χ4n) is 4.46. The van der Waals surface area contributed by atoms with E-state index in [0.717, 1.165) is 25.2 Å². The van der Waals surface area contributed by atoms with Gasteiger partial charge < -0.3 is 10.2 Å². The number of carbonyl (C=O) groups excluding carboxylic acids is 2. The Balaban J connectivity index is 1.66. The predicted molar refractivity (Wildman–Crippen MR) is 127 cm³/mol. The van der Waals surface area contributed by atoms with Gasteiger partial charge >= 0.3 is 0 Å². The number of likely N-dealkylation sites (tertiary alicyclic amines) is 1. The second-order valence-corrected chi connectivity index (χ2v) is 8.96. The third-order valence-corrected chi connectivity index (χ3v) is 6.05. The van der Waals surface area contributed by atoms with Crippen molar-refractivity contribution >= 4 is 11.8 Å². The maximum absolute atomic E-state index is 13.3. The number of nitrogens with zero attached hydrogens (tertiary/aromatic N) is 3. The third kappa shape index (κ3) is 6.39. The van der Waals surface area contributed by atoms with Gasteiger partial charge in [-0.05, 0) is 36.1 Å². The Kier molecular flexibility index (Phi) is 8.80. The zero-order valence-electron chi connectivity index (χ0n) is 19.5. The van der Waals surface area contributed by atoms with Crippen LogP contribution in [0.5, 0.6) is 0 Å². The van der Waals surface area contributed by atoms with Gasteiger partial charge in [0.25, 0.3) is 0 Å². The van der Waals surface area contributed by atoms with E-state index in [1.54, 1.807) is 12.4 Å². The lowest BCUT2D eigenvalue weighted by Gasteiger charge is -2.41. The number of carbonyl (C=O) groups is 2. The van der Waals surface area contributed by atoms with Crippen molar-refractivity contribution in [1.29, 1.82) is 0 Å². The van der Waals surface area contributed by atoms with Crippen LogP contribution in [-0.4, -0.2) is 52.8 Å². The monoisotopic (exact) mass is 436 g/mol. The average molecular weight is 437 g/mol. The van der Waals surface area contributed by atoms with Crippen molar-refractivity contribution in [3.63, 3.8) is 0 Å². The summed E-state index contributed by atoms with van der Waals surface area (Å²) in [5.74, 6) is 0.211. The highest BCUT2D eigenvalue weighted by molar-refractivity contribution is 5.85. The number of likely N-dealkylation sites (N-methyl/N-ethyl adjacent to an activating group) is 1. The molecule has 0 aliphatic carbocycles. The summed E-state index contributed by atoms with van der Waals surface area (Å²) in [7, 11) is 0. The van der Waals surface area contributed by atoms with Crippen LogP contribution in [0.1, 0.15) is 50.8 Å². The number of amides is 2. The molecule has 172 valence electrons. The Hall–Kier alpha value is -2.73. The minimum absolute atomic E-state index is 0.0240. The molecule has 0 radical (unpaired) electrons. The molecule has 2 atom stereocenters. The first-order chi connectivity index (χ1) is 15.5. The molecule has 32 heavy (non-hydrogen) atoms. The summed E-state index contributed by atoms with van der Waals surface area (Å²) in [5, 5.41) is 3.15. The fourth-order valence-corrected chi connectivity index (χ4v) is 4.46. The van der Waals surface area contributed by atoms with Crippen LogP contribution in [0.2, 0.25) is 0 Å². The van der Waals surface area contributed by atoms with E-state index in [2.05, 4.69) is 60.2 Å². The van der Waals surface area contributed by atoms with Crippen molar-refractivity contribution in [1.82, 2.24) is 20.1 Å². The van der Waals surface area contributed by atoms with Crippen LogP contribution < -0.4 is 5.32 Å². The summed E-state index contributed by atoms with van der Waals surface area (Å²) < 4.78 is 0. The average Bonchev–Trinajstić information content (AvgIpc) is 2.80. The van der Waals surface area contributed by atoms with Crippen LogP contribution in [0.4, 0.5) is 0 Å². The maximum Gasteiger partial charge on any atom is 0.225 e. The third-order valence-electron chi connectivity index (χ3n) is 6.05. The van der Waals surface area contributed by atoms with E-state index in [1.165, 1.54) is 5.56 Å². The number of pyridine rings is 1. The van der Waals surface area contributed by atoms with E-state index in [4.69, 9.17) is 0 Å². The lowest BCUT2D eigenvalue weighted by molar-refractivity contribution is -0.144. The molecule has 2 heterocycles. The number of hydrogen-bond acceptors (Lipinski definition) is 4. The Bertz CT molecular complexity index is 857. The molecular formula is C26H36N4O2. The molecule has 1 saturated heterocycles. The maximum atomic E-state index is 13.3. The van der Waals surface area contributed by atoms with Crippen LogP contribution in [0.3, 0.4) is 0 Å². The topological polar surface area (TPSA) is 65.5 Å². The highest BCUT2D eigenvalue weighted by atomic mass is 16.2. The molecule has 2 unspecified atom stereocenters. The number of hydrogen-bond donors (Lipinski definition) is 1. The first-order valence-corrected chi connectivity index (χ1v) is 11.7. The number of piperidine rings is 1. The van der Waals surface area contributed by atoms with Crippen LogP contribution >= 0.6 is 0 Å². The van der Waals surface area contributed by atoms with Gasteiger partial charge in [-0.15, -0.1) is 0 Å². The van der Waals surface area contributed by atoms with Crippen LogP contribution in [0.15, 0.2) is 54.9 Å². The summed E-state index contributed by atoms with van der Waals surface area (Å²) >= 11 is 0. The second-order valence-electron chi connectivity index (χ2n) is 8.96. The zero-order valence-corrected chi connectivity index (χ0v) is 19.5. The first-order valence-electron chi connectivity index (χ1n) is 11.7. The van der Waals surface area contributed by atoms with Crippen molar-refractivity contribution in [2.45, 2.75) is 46.2 Å². The predicted octanol–water partition coefficient (Wildman–Crippen LogP) is 3.66. The van der Waals surface area contributed by atoms with Crippen molar-refractivity contribution in [3.8, 4) is 0 Å². The van der Waals surface area contributed by atoms with Gasteiger partial charge in [0.05, 0.1) is 12.0 Å². The van der Waals surface area contributed by atoms with E-state index in [1.807, 2.05) is 23.1 Å². The summed E-state index contributed by atoms with van der Waals surface area (Å²) in [6.45, 7) is 10.1. The van der Waals surface area contributed by atoms with Gasteiger partial charge in [0.15, 0.2) is 0 Å². The quantitative estimate of drug-likeness (QED) is 0.617. The zero-order chi connectivity index (χ0) is 22.9. The first kappa shape index (κ1) is 23.9. The van der Waals surface area contributed by atoms with Gasteiger partial charge in [0, 0.05) is 45.0 Å². The number of rotatable bonds is 10. The Morgan fingerprint density at radius 2 is 2.00 bits per heavy atom. The Labute approximate surface area is 192 Å². The molecule has 6 nitrogen and oxygen atoms in total. The Morgan fingerprint density at radius 3 is 2.66 bits per heavy atom. The van der Waals surface area contributed by atoms with Crippen LogP contribution in [-0.2, 0) is 16.1 Å². The molecule has 0 spiro atoms. The second kappa shape index (κ2) is 11.8. The van der Waals surface area contributed by atoms with Crippen molar-refractivity contribution in [2.24, 2.45) is 11.8 Å². The molecule has 1 aliphatic rings. The van der Waals surface area contributed by atoms with E-state index < -0.39 is 0 Å². The van der Waals surface area contributed by atoms with Crippen molar-refractivity contribution in [2.75, 3.05) is 26.2 Å². The van der Waals surface area contributed by atoms with E-state index in [9.17, 15) is 9.59 Å². The molecular weight excluding hydrogens is 400 g/mol. The molecule has 1 fully saturated rings. The van der Waals surface area contributed by atoms with Gasteiger partial charge in [-0.1, -0.05) is 57.2 Å². The van der Waals surface area contributed by atoms with E-state index in [-0.39, 0.29) is 23.8 Å². The van der Waals surface area contributed by atoms with Gasteiger partial charge in [0.2, 0.25) is 11.8 Å². The van der Waals surface area contributed by atoms with E-state index in [0.29, 0.717) is 31.8 Å². The molecule has 0 saturated carbocycles. The molecule has 3 rings (SSSR count). The summed E-state index contributed by atoms with van der Waals surface area (Å²) in [4.78, 5) is 34.5. The summed E-state index contributed by atoms with van der Waals surface area (Å²) in [5.41, 5.74) is 2.20. The summed E-state index contributed by atoms with van der Waals surface area (Å²) in [6, 6.07) is 14.0. The molecule has 1 aromatic heterocycles. The highest BCUT2D eigenvalue weighted by Crippen LogP contribution is 2.37. The minimum Gasteiger partial charge on any atom is -0.354 e. The van der Waals surface area contributed by atoms with Gasteiger partial charge in [-0.2, -0.15) is 0 Å². The van der Waals surface area contributed by atoms with Gasteiger partial charge in [-0.25, -0.2) is 0 Å². The van der Waals surface area contributed by atoms with E-state index >= 15 is 0 Å². The number of nitrogens with one attached hydrogen (secondary N) is 1. The normalized spacial score (nSPS) is 18.9. The lowest BCUT2D eigenvalue weighted by Crippen LogP contribution is -2.49. The molecule has 1 aliphatic heterocycles. The highest BCUT2D eigenvalue weighted by Gasteiger charge is 2.40. The number of benzene rings is 1. The molecule has 2 amide bonds. The molecule has 2 aromatic rings. The molecule has 6 heteroatoms. The largest absolute Gasteiger partial charge is 0.354 e. The van der Waals surface area contributed by atoms with Crippen molar-refractivity contribution < 1.29 is 9.59 Å². The summed E-state index contributed by atoms with van der Waals surface area (Å²) in [6.07, 6.45) is 4.49. The SMILES string of the molecule is CCN(CCNC(=O)C1CCC(=O)N(CC(C)C)C1c1cccnc1)Cc1ccccc1. The minimum atomic E-state index is -0.265. The van der Waals surface area contributed by atoms with Gasteiger partial charge in [-0.3, -0.25) is 19.5 Å². The van der Waals surface area contributed by atoms with Crippen LogP contribution in [0, 0.1) is 11.8 Å². The van der Waals surface area contributed by atoms with Crippen LogP contribution in [0.25, 0.3) is 0 Å². The standard InChI is InChI=1S/C26H36N4O2/c1-4-29(19-21-9-6-5-7-10-21)16-15-28-26(32)23-12-13-24(31)30(18-20(2)3)25(23)22-11-8-14-27-17-22/h5-11,14,17,20,23,25H,4,12-13,15-16,18-19H2,1-3H3,(H,28,32). The lowest BCUT2D eigenvalue weighted by atomic mass is 9.83. The van der Waals surface area contributed by atoms with Gasteiger partial charge in [0.1, 0.15) is 0 Å². The Morgan fingerprint density at radius 1 is 1.22 bits per heavy atom. The van der Waals surface area contributed by atoms with Crippen molar-refractivity contribution in [3.05, 3.63) is 66.0 Å². The number of aromatic nitrogens is 1. The smallest absolute Gasteiger partial charge is 0.225 e. The molecule has 1 aromatic carbocycles. The fraction of sp³-hybridized carbons (Fsp3) is 0.500. The molecule has 1 N–H and O–H groups in total.